The first kappa shape index (κ1) is 15.5. The Labute approximate surface area is 115 Å². The smallest absolute Gasteiger partial charge is 0.0431 e. The van der Waals surface area contributed by atoms with Gasteiger partial charge in [-0.2, -0.15) is 0 Å². The van der Waals surface area contributed by atoms with Crippen molar-refractivity contribution in [2.24, 2.45) is 0 Å². The van der Waals surface area contributed by atoms with Crippen LogP contribution in [-0.2, 0) is 6.42 Å². The number of nitrogens with one attached hydrogen (secondary N) is 1. The van der Waals surface area contributed by atoms with Gasteiger partial charge < -0.3 is 10.4 Å². The molecule has 2 nitrogen and oxygen atoms in total. The molecule has 18 heavy (non-hydrogen) atoms. The zero-order chi connectivity index (χ0) is 13.2. The van der Waals surface area contributed by atoms with Crippen LogP contribution in [0.4, 0.5) is 0 Å². The third kappa shape index (κ3) is 7.00. The van der Waals surface area contributed by atoms with Crippen molar-refractivity contribution in [2.75, 3.05) is 13.2 Å². The highest BCUT2D eigenvalue weighted by Gasteiger charge is 2.02. The van der Waals surface area contributed by atoms with Gasteiger partial charge >= 0.3 is 0 Å². The van der Waals surface area contributed by atoms with E-state index in [9.17, 15) is 0 Å². The Hall–Kier alpha value is -0.570. The second-order valence-electron chi connectivity index (χ2n) is 4.82. The van der Waals surface area contributed by atoms with Gasteiger partial charge in [-0.05, 0) is 50.4 Å². The summed E-state index contributed by atoms with van der Waals surface area (Å²) in [6.45, 7) is 3.59. The predicted octanol–water partition coefficient (Wildman–Crippen LogP) is 3.41. The molecule has 0 radical (unpaired) electrons. The minimum Gasteiger partial charge on any atom is -0.396 e. The molecule has 1 rings (SSSR count). The second-order valence-corrected chi connectivity index (χ2v) is 5.26. The average molecular weight is 270 g/mol. The molecule has 2 N–H and O–H groups in total. The normalized spacial score (nSPS) is 12.6. The number of unbranched alkanes of at least 4 members (excludes halogenated alkanes) is 3. The quantitative estimate of drug-likeness (QED) is 0.674. The lowest BCUT2D eigenvalue weighted by atomic mass is 10.1. The van der Waals surface area contributed by atoms with E-state index in [1.54, 1.807) is 0 Å². The first-order valence-corrected chi connectivity index (χ1v) is 7.19. The van der Waals surface area contributed by atoms with Gasteiger partial charge in [-0.25, -0.2) is 0 Å². The first-order chi connectivity index (χ1) is 8.72. The van der Waals surface area contributed by atoms with E-state index in [0.717, 1.165) is 30.8 Å². The van der Waals surface area contributed by atoms with Crippen molar-refractivity contribution < 1.29 is 5.11 Å². The number of hydrogen-bond donors (Lipinski definition) is 2. The van der Waals surface area contributed by atoms with E-state index in [0.29, 0.717) is 12.6 Å². The number of rotatable bonds is 9. The molecule has 0 spiro atoms. The second kappa shape index (κ2) is 9.37. The lowest BCUT2D eigenvalue weighted by Gasteiger charge is -2.13. The highest BCUT2D eigenvalue weighted by atomic mass is 35.5. The Bertz CT molecular complexity index is 313. The van der Waals surface area contributed by atoms with E-state index >= 15 is 0 Å². The van der Waals surface area contributed by atoms with Crippen molar-refractivity contribution in [3.05, 3.63) is 34.9 Å². The molecule has 1 atom stereocenters. The topological polar surface area (TPSA) is 32.3 Å². The summed E-state index contributed by atoms with van der Waals surface area (Å²) < 4.78 is 0. The molecule has 1 aromatic carbocycles. The summed E-state index contributed by atoms with van der Waals surface area (Å²) >= 11 is 5.86. The van der Waals surface area contributed by atoms with Crippen LogP contribution in [0.2, 0.25) is 5.02 Å². The Balaban J connectivity index is 2.10. The minimum atomic E-state index is 0.320. The number of aliphatic hydroxyl groups is 1. The Kier molecular flexibility index (Phi) is 8.06. The van der Waals surface area contributed by atoms with Gasteiger partial charge in [0.2, 0.25) is 0 Å². The zero-order valence-corrected chi connectivity index (χ0v) is 11.9. The van der Waals surface area contributed by atoms with E-state index in [1.165, 1.54) is 18.4 Å². The molecule has 0 heterocycles. The van der Waals surface area contributed by atoms with Crippen molar-refractivity contribution in [3.63, 3.8) is 0 Å². The summed E-state index contributed by atoms with van der Waals surface area (Å²) in [6, 6.07) is 8.55. The summed E-state index contributed by atoms with van der Waals surface area (Å²) in [5.74, 6) is 0. The number of aliphatic hydroxyl groups excluding tert-OH is 1. The van der Waals surface area contributed by atoms with Crippen LogP contribution in [0.5, 0.6) is 0 Å². The van der Waals surface area contributed by atoms with E-state index in [2.05, 4.69) is 24.4 Å². The van der Waals surface area contributed by atoms with E-state index in [1.807, 2.05) is 12.1 Å². The van der Waals surface area contributed by atoms with Crippen LogP contribution in [0.15, 0.2) is 24.3 Å². The molecule has 0 fully saturated rings. The Morgan fingerprint density at radius 2 is 1.78 bits per heavy atom. The molecule has 3 heteroatoms. The molecule has 1 unspecified atom stereocenters. The van der Waals surface area contributed by atoms with Gasteiger partial charge in [0.1, 0.15) is 0 Å². The SMILES string of the molecule is CC(Cc1ccc(Cl)cc1)NCCCCCCO. The molecular weight excluding hydrogens is 246 g/mol. The van der Waals surface area contributed by atoms with Gasteiger partial charge in [0.25, 0.3) is 0 Å². The highest BCUT2D eigenvalue weighted by Crippen LogP contribution is 2.11. The van der Waals surface area contributed by atoms with E-state index in [-0.39, 0.29) is 0 Å². The lowest BCUT2D eigenvalue weighted by molar-refractivity contribution is 0.282. The molecular formula is C15H24ClNO. The maximum absolute atomic E-state index is 8.67. The van der Waals surface area contributed by atoms with Crippen molar-refractivity contribution in [1.82, 2.24) is 5.32 Å². The summed E-state index contributed by atoms with van der Waals surface area (Å²) in [6.07, 6.45) is 5.48. The maximum atomic E-state index is 8.67. The van der Waals surface area contributed by atoms with Crippen LogP contribution in [0.1, 0.15) is 38.2 Å². The molecule has 102 valence electrons. The third-order valence-electron chi connectivity index (χ3n) is 3.03. The van der Waals surface area contributed by atoms with Crippen LogP contribution in [0.3, 0.4) is 0 Å². The average Bonchev–Trinajstić information content (AvgIpc) is 2.36. The van der Waals surface area contributed by atoms with Gasteiger partial charge in [-0.1, -0.05) is 36.6 Å². The van der Waals surface area contributed by atoms with E-state index in [4.69, 9.17) is 16.7 Å². The van der Waals surface area contributed by atoms with Gasteiger partial charge in [0.05, 0.1) is 0 Å². The van der Waals surface area contributed by atoms with Gasteiger partial charge in [-0.3, -0.25) is 0 Å². The summed E-state index contributed by atoms with van der Waals surface area (Å²) in [7, 11) is 0. The molecule has 0 aliphatic heterocycles. The largest absolute Gasteiger partial charge is 0.396 e. The molecule has 0 aliphatic rings. The number of hydrogen-bond acceptors (Lipinski definition) is 2. The van der Waals surface area contributed by atoms with Crippen LogP contribution in [-0.4, -0.2) is 24.3 Å². The van der Waals surface area contributed by atoms with Crippen molar-refractivity contribution in [3.8, 4) is 0 Å². The first-order valence-electron chi connectivity index (χ1n) is 6.81. The maximum Gasteiger partial charge on any atom is 0.0431 e. The number of halogens is 1. The highest BCUT2D eigenvalue weighted by molar-refractivity contribution is 6.30. The Morgan fingerprint density at radius 1 is 1.11 bits per heavy atom. The molecule has 0 aromatic heterocycles. The lowest BCUT2D eigenvalue weighted by Crippen LogP contribution is -2.28. The summed E-state index contributed by atoms with van der Waals surface area (Å²) in [4.78, 5) is 0. The molecule has 1 aromatic rings. The Morgan fingerprint density at radius 3 is 2.44 bits per heavy atom. The third-order valence-corrected chi connectivity index (χ3v) is 3.28. The van der Waals surface area contributed by atoms with Crippen molar-refractivity contribution in [2.45, 2.75) is 45.1 Å². The van der Waals surface area contributed by atoms with Gasteiger partial charge in [0.15, 0.2) is 0 Å². The van der Waals surface area contributed by atoms with Gasteiger partial charge in [0, 0.05) is 17.7 Å². The summed E-state index contributed by atoms with van der Waals surface area (Å²) in [5.41, 5.74) is 1.32. The zero-order valence-electron chi connectivity index (χ0n) is 11.2. The van der Waals surface area contributed by atoms with Crippen LogP contribution >= 0.6 is 11.6 Å². The standard InChI is InChI=1S/C15H24ClNO/c1-13(17-10-4-2-3-5-11-18)12-14-6-8-15(16)9-7-14/h6-9,13,17-18H,2-5,10-12H2,1H3. The summed E-state index contributed by atoms with van der Waals surface area (Å²) in [5, 5.41) is 13.0. The fourth-order valence-electron chi connectivity index (χ4n) is 1.99. The predicted molar refractivity (Wildman–Crippen MR) is 78.2 cm³/mol. The van der Waals surface area contributed by atoms with Crippen LogP contribution < -0.4 is 5.32 Å². The fraction of sp³-hybridized carbons (Fsp3) is 0.600. The molecule has 0 saturated heterocycles. The fourth-order valence-corrected chi connectivity index (χ4v) is 2.11. The van der Waals surface area contributed by atoms with Crippen LogP contribution in [0.25, 0.3) is 0 Å². The van der Waals surface area contributed by atoms with Crippen molar-refractivity contribution >= 4 is 11.6 Å². The number of benzene rings is 1. The molecule has 0 aliphatic carbocycles. The van der Waals surface area contributed by atoms with Crippen LogP contribution in [0, 0.1) is 0 Å². The monoisotopic (exact) mass is 269 g/mol. The van der Waals surface area contributed by atoms with Gasteiger partial charge in [-0.15, -0.1) is 0 Å². The van der Waals surface area contributed by atoms with Crippen molar-refractivity contribution in [1.29, 1.82) is 0 Å². The molecule has 0 bridgehead atoms. The minimum absolute atomic E-state index is 0.320. The van der Waals surface area contributed by atoms with E-state index < -0.39 is 0 Å². The molecule has 0 amide bonds. The molecule has 0 saturated carbocycles.